The van der Waals surface area contributed by atoms with Crippen molar-refractivity contribution in [3.05, 3.63) is 94.6 Å². The Morgan fingerprint density at radius 1 is 0.933 bits per heavy atom. The molecule has 0 bridgehead atoms. The number of halogens is 1. The van der Waals surface area contributed by atoms with Crippen LogP contribution in [0.25, 0.3) is 6.08 Å². The Kier molecular flexibility index (Phi) is 5.55. The van der Waals surface area contributed by atoms with Gasteiger partial charge < -0.3 is 9.47 Å². The maximum atomic E-state index is 13.4. The summed E-state index contributed by atoms with van der Waals surface area (Å²) >= 11 is 6.18. The van der Waals surface area contributed by atoms with Gasteiger partial charge in [0, 0.05) is 22.2 Å². The Hall–Kier alpha value is -3.57. The molecule has 0 aliphatic carbocycles. The zero-order valence-corrected chi connectivity index (χ0v) is 17.3. The molecule has 3 aromatic carbocycles. The number of benzene rings is 3. The second kappa shape index (κ2) is 8.43. The summed E-state index contributed by atoms with van der Waals surface area (Å²) in [5, 5.41) is 0.543. The van der Waals surface area contributed by atoms with E-state index in [1.807, 2.05) is 54.6 Å². The van der Waals surface area contributed by atoms with E-state index in [1.165, 1.54) is 0 Å². The molecule has 0 unspecified atom stereocenters. The van der Waals surface area contributed by atoms with Crippen LogP contribution < -0.4 is 14.4 Å². The Bertz CT molecular complexity index is 1160. The topological polar surface area (TPSA) is 51.1 Å². The van der Waals surface area contributed by atoms with E-state index >= 15 is 0 Å². The van der Waals surface area contributed by atoms with Gasteiger partial charge in [-0.3, -0.25) is 9.69 Å². The summed E-state index contributed by atoms with van der Waals surface area (Å²) in [7, 11) is 3.16. The third-order valence-electron chi connectivity index (χ3n) is 4.69. The number of aliphatic imine (C=N–C) groups is 1. The van der Waals surface area contributed by atoms with Crippen LogP contribution in [0, 0.1) is 0 Å². The van der Waals surface area contributed by atoms with Crippen molar-refractivity contribution in [2.45, 2.75) is 0 Å². The van der Waals surface area contributed by atoms with Gasteiger partial charge in [-0.2, -0.15) is 0 Å². The highest BCUT2D eigenvalue weighted by Crippen LogP contribution is 2.32. The van der Waals surface area contributed by atoms with E-state index in [1.54, 1.807) is 43.4 Å². The fraction of sp³-hybridized carbons (Fsp3) is 0.0833. The molecular weight excluding hydrogens is 400 g/mol. The summed E-state index contributed by atoms with van der Waals surface area (Å²) in [5.41, 5.74) is 2.51. The number of amides is 1. The smallest absolute Gasteiger partial charge is 0.282 e. The molecule has 0 N–H and O–H groups in total. The maximum absolute atomic E-state index is 13.4. The van der Waals surface area contributed by atoms with E-state index < -0.39 is 0 Å². The number of hydrogen-bond acceptors (Lipinski definition) is 4. The average molecular weight is 419 g/mol. The van der Waals surface area contributed by atoms with Crippen LogP contribution in [-0.2, 0) is 4.79 Å². The molecule has 30 heavy (non-hydrogen) atoms. The van der Waals surface area contributed by atoms with Crippen molar-refractivity contribution in [1.29, 1.82) is 0 Å². The van der Waals surface area contributed by atoms with E-state index in [0.717, 1.165) is 11.1 Å². The molecule has 1 aliphatic heterocycles. The first kappa shape index (κ1) is 19.7. The van der Waals surface area contributed by atoms with Gasteiger partial charge in [0.1, 0.15) is 23.0 Å². The number of carbonyl (C=O) groups excluding carboxylic acids is 1. The molecule has 0 saturated carbocycles. The second-order valence-corrected chi connectivity index (χ2v) is 7.00. The van der Waals surface area contributed by atoms with E-state index in [4.69, 9.17) is 21.1 Å². The Morgan fingerprint density at radius 3 is 2.43 bits per heavy atom. The molecule has 1 heterocycles. The van der Waals surface area contributed by atoms with Gasteiger partial charge >= 0.3 is 0 Å². The highest BCUT2D eigenvalue weighted by atomic mass is 35.5. The summed E-state index contributed by atoms with van der Waals surface area (Å²) in [6.45, 7) is 0. The van der Waals surface area contributed by atoms with Crippen molar-refractivity contribution < 1.29 is 14.3 Å². The van der Waals surface area contributed by atoms with Crippen LogP contribution in [0.3, 0.4) is 0 Å². The van der Waals surface area contributed by atoms with Gasteiger partial charge in [0.05, 0.1) is 19.9 Å². The van der Waals surface area contributed by atoms with Crippen LogP contribution in [0.1, 0.15) is 11.1 Å². The van der Waals surface area contributed by atoms with Crippen LogP contribution in [0.5, 0.6) is 11.5 Å². The van der Waals surface area contributed by atoms with Gasteiger partial charge in [-0.1, -0.05) is 48.0 Å². The van der Waals surface area contributed by atoms with Crippen LogP contribution in [-0.4, -0.2) is 26.0 Å². The predicted octanol–water partition coefficient (Wildman–Crippen LogP) is 5.19. The molecule has 6 heteroatoms. The van der Waals surface area contributed by atoms with Crippen molar-refractivity contribution >= 4 is 35.1 Å². The minimum Gasteiger partial charge on any atom is -0.497 e. The molecule has 0 fully saturated rings. The lowest BCUT2D eigenvalue weighted by Gasteiger charge is -2.18. The van der Waals surface area contributed by atoms with Crippen LogP contribution in [0.15, 0.2) is 83.5 Å². The third kappa shape index (κ3) is 3.80. The maximum Gasteiger partial charge on any atom is 0.282 e. The molecule has 0 saturated heterocycles. The monoisotopic (exact) mass is 418 g/mol. The molecule has 1 amide bonds. The quantitative estimate of drug-likeness (QED) is 0.535. The lowest BCUT2D eigenvalue weighted by Crippen LogP contribution is -2.32. The highest BCUT2D eigenvalue weighted by molar-refractivity contribution is 6.34. The summed E-state index contributed by atoms with van der Waals surface area (Å²) in [6.07, 6.45) is 1.72. The first-order valence-corrected chi connectivity index (χ1v) is 9.66. The van der Waals surface area contributed by atoms with Crippen LogP contribution in [0.2, 0.25) is 5.02 Å². The molecule has 0 atom stereocenters. The van der Waals surface area contributed by atoms with Gasteiger partial charge in [-0.25, -0.2) is 4.99 Å². The van der Waals surface area contributed by atoms with E-state index in [9.17, 15) is 4.79 Å². The molecule has 1 aliphatic rings. The van der Waals surface area contributed by atoms with Crippen LogP contribution in [0.4, 0.5) is 5.69 Å². The number of anilines is 1. The number of carbonyl (C=O) groups is 1. The zero-order chi connectivity index (χ0) is 21.1. The van der Waals surface area contributed by atoms with Gasteiger partial charge in [0.25, 0.3) is 5.91 Å². The highest BCUT2D eigenvalue weighted by Gasteiger charge is 2.32. The lowest BCUT2D eigenvalue weighted by molar-refractivity contribution is -0.113. The fourth-order valence-corrected chi connectivity index (χ4v) is 3.42. The molecular formula is C24H19ClN2O3. The number of rotatable bonds is 5. The average Bonchev–Trinajstić information content (AvgIpc) is 3.10. The zero-order valence-electron chi connectivity index (χ0n) is 16.5. The van der Waals surface area contributed by atoms with E-state index in [-0.39, 0.29) is 5.91 Å². The summed E-state index contributed by atoms with van der Waals surface area (Å²) < 4.78 is 10.7. The van der Waals surface area contributed by atoms with E-state index in [2.05, 4.69) is 4.99 Å². The molecule has 150 valence electrons. The second-order valence-electron chi connectivity index (χ2n) is 6.56. The van der Waals surface area contributed by atoms with Gasteiger partial charge in [0.15, 0.2) is 0 Å². The van der Waals surface area contributed by atoms with Crippen molar-refractivity contribution in [1.82, 2.24) is 0 Å². The first-order valence-electron chi connectivity index (χ1n) is 9.28. The number of amidine groups is 1. The Balaban J connectivity index is 1.83. The predicted molar refractivity (Wildman–Crippen MR) is 119 cm³/mol. The molecule has 5 nitrogen and oxygen atoms in total. The summed E-state index contributed by atoms with van der Waals surface area (Å²) in [4.78, 5) is 19.6. The van der Waals surface area contributed by atoms with Gasteiger partial charge in [-0.15, -0.1) is 0 Å². The molecule has 0 aromatic heterocycles. The van der Waals surface area contributed by atoms with Crippen molar-refractivity contribution in [3.8, 4) is 11.5 Å². The number of hydrogen-bond donors (Lipinski definition) is 0. The van der Waals surface area contributed by atoms with E-state index in [0.29, 0.717) is 33.7 Å². The molecule has 0 spiro atoms. The molecule has 3 aromatic rings. The van der Waals surface area contributed by atoms with Crippen molar-refractivity contribution in [2.24, 2.45) is 4.99 Å². The van der Waals surface area contributed by atoms with Gasteiger partial charge in [-0.05, 0) is 36.4 Å². The number of ether oxygens (including phenoxy) is 2. The minimum atomic E-state index is -0.242. The summed E-state index contributed by atoms with van der Waals surface area (Å²) in [5.74, 6) is 1.56. The molecule has 4 rings (SSSR count). The molecule has 0 radical (unpaired) electrons. The summed E-state index contributed by atoms with van der Waals surface area (Å²) in [6, 6.07) is 22.1. The first-order chi connectivity index (χ1) is 14.6. The fourth-order valence-electron chi connectivity index (χ4n) is 3.24. The number of methoxy groups -OCH3 is 2. The Labute approximate surface area is 179 Å². The standard InChI is InChI=1S/C24H19ClN2O3/c1-29-20-12-11-17(22(15-20)30-2)13-21-24(28)27(19-10-6-9-18(25)14-19)23(26-21)16-7-4-3-5-8-16/h3-15H,1-2H3/b21-13+. The Morgan fingerprint density at radius 2 is 1.73 bits per heavy atom. The SMILES string of the molecule is COc1ccc(/C=C2/N=C(c3ccccc3)N(c3cccc(Cl)c3)C2=O)c(OC)c1. The number of nitrogens with zero attached hydrogens (tertiary/aromatic N) is 2. The van der Waals surface area contributed by atoms with Crippen molar-refractivity contribution in [2.75, 3.05) is 19.1 Å². The normalized spacial score (nSPS) is 14.8. The lowest BCUT2D eigenvalue weighted by atomic mass is 10.1. The largest absolute Gasteiger partial charge is 0.497 e. The third-order valence-corrected chi connectivity index (χ3v) is 4.93. The van der Waals surface area contributed by atoms with Crippen LogP contribution >= 0.6 is 11.6 Å². The van der Waals surface area contributed by atoms with Crippen molar-refractivity contribution in [3.63, 3.8) is 0 Å². The minimum absolute atomic E-state index is 0.242. The van der Waals surface area contributed by atoms with Gasteiger partial charge in [0.2, 0.25) is 0 Å².